The molecule has 0 saturated carbocycles. The van der Waals surface area contributed by atoms with Crippen molar-refractivity contribution in [3.63, 3.8) is 0 Å². The molecule has 1 unspecified atom stereocenters. The van der Waals surface area contributed by atoms with E-state index >= 15 is 0 Å². The van der Waals surface area contributed by atoms with Gasteiger partial charge in [-0.25, -0.2) is 24.1 Å². The number of hydrogen-bond donors (Lipinski definition) is 2. The average molecular weight is 501 g/mol. The number of aromatic nitrogens is 3. The third-order valence-corrected chi connectivity index (χ3v) is 6.44. The highest BCUT2D eigenvalue weighted by molar-refractivity contribution is 7.90. The molecule has 10 nitrogen and oxygen atoms in total. The van der Waals surface area contributed by atoms with E-state index in [0.29, 0.717) is 30.1 Å². The fourth-order valence-electron chi connectivity index (χ4n) is 3.62. The van der Waals surface area contributed by atoms with Gasteiger partial charge in [0.2, 0.25) is 5.88 Å². The molecule has 0 aliphatic carbocycles. The summed E-state index contributed by atoms with van der Waals surface area (Å²) in [5.41, 5.74) is 6.55. The molecule has 1 aliphatic heterocycles. The zero-order chi connectivity index (χ0) is 25.2. The van der Waals surface area contributed by atoms with Gasteiger partial charge in [0.1, 0.15) is 11.6 Å². The lowest BCUT2D eigenvalue weighted by Crippen LogP contribution is -2.34. The second-order valence-corrected chi connectivity index (χ2v) is 9.85. The zero-order valence-corrected chi connectivity index (χ0v) is 20.0. The van der Waals surface area contributed by atoms with E-state index in [2.05, 4.69) is 15.0 Å². The third kappa shape index (κ3) is 5.48. The number of anilines is 2. The van der Waals surface area contributed by atoms with Gasteiger partial charge in [-0.3, -0.25) is 4.79 Å². The molecular weight excluding hydrogens is 475 g/mol. The SMILES string of the molecule is CC(C)Oc1ccc(-c2ccc(C(=O)NS(=O)(=O)c3cccc(N)n3)c(N3CCCC3F)n2)cn1. The van der Waals surface area contributed by atoms with Crippen LogP contribution in [0.2, 0.25) is 0 Å². The van der Waals surface area contributed by atoms with Crippen LogP contribution in [0.4, 0.5) is 16.0 Å². The highest BCUT2D eigenvalue weighted by atomic mass is 32.2. The first-order valence-electron chi connectivity index (χ1n) is 11.0. The number of nitrogens with zero attached hydrogens (tertiary/aromatic N) is 4. The first-order valence-corrected chi connectivity index (χ1v) is 12.5. The van der Waals surface area contributed by atoms with Crippen molar-refractivity contribution in [1.82, 2.24) is 19.7 Å². The number of ether oxygens (including phenoxy) is 1. The van der Waals surface area contributed by atoms with E-state index < -0.39 is 27.3 Å². The lowest BCUT2D eigenvalue weighted by molar-refractivity contribution is 0.0981. The first-order chi connectivity index (χ1) is 16.6. The molecule has 3 aromatic heterocycles. The Labute approximate surface area is 202 Å². The van der Waals surface area contributed by atoms with E-state index in [0.717, 1.165) is 0 Å². The van der Waals surface area contributed by atoms with Gasteiger partial charge in [-0.1, -0.05) is 6.07 Å². The molecule has 1 fully saturated rings. The van der Waals surface area contributed by atoms with E-state index in [9.17, 15) is 17.6 Å². The van der Waals surface area contributed by atoms with Crippen molar-refractivity contribution >= 4 is 27.6 Å². The van der Waals surface area contributed by atoms with Gasteiger partial charge in [0, 0.05) is 24.4 Å². The number of nitrogen functional groups attached to an aromatic ring is 1. The summed E-state index contributed by atoms with van der Waals surface area (Å²) in [6.07, 6.45) is 1.03. The number of alkyl halides is 1. The Morgan fingerprint density at radius 3 is 2.63 bits per heavy atom. The quantitative estimate of drug-likeness (QED) is 0.469. The van der Waals surface area contributed by atoms with Gasteiger partial charge in [-0.05, 0) is 57.0 Å². The number of pyridine rings is 3. The minimum Gasteiger partial charge on any atom is -0.475 e. The molecule has 184 valence electrons. The van der Waals surface area contributed by atoms with E-state index in [1.807, 2.05) is 18.6 Å². The molecule has 0 radical (unpaired) electrons. The minimum atomic E-state index is -4.32. The fraction of sp³-hybridized carbons (Fsp3) is 0.304. The number of rotatable bonds is 7. The number of amides is 1. The molecule has 4 heterocycles. The lowest BCUT2D eigenvalue weighted by atomic mass is 10.1. The van der Waals surface area contributed by atoms with Crippen molar-refractivity contribution in [2.24, 2.45) is 0 Å². The number of carbonyl (C=O) groups excluding carboxylic acids is 1. The van der Waals surface area contributed by atoms with E-state index in [1.54, 1.807) is 24.4 Å². The van der Waals surface area contributed by atoms with E-state index in [-0.39, 0.29) is 29.7 Å². The summed E-state index contributed by atoms with van der Waals surface area (Å²) in [5.74, 6) is -0.476. The number of sulfonamides is 1. The van der Waals surface area contributed by atoms with Gasteiger partial charge >= 0.3 is 0 Å². The number of nitrogens with two attached hydrogens (primary N) is 1. The van der Waals surface area contributed by atoms with Crippen LogP contribution in [0, 0.1) is 0 Å². The number of halogens is 1. The number of hydrogen-bond acceptors (Lipinski definition) is 9. The van der Waals surface area contributed by atoms with Crippen LogP contribution < -0.4 is 20.1 Å². The predicted octanol–water partition coefficient (Wildman–Crippen LogP) is 2.92. The summed E-state index contributed by atoms with van der Waals surface area (Å²) >= 11 is 0. The molecule has 35 heavy (non-hydrogen) atoms. The predicted molar refractivity (Wildman–Crippen MR) is 128 cm³/mol. The minimum absolute atomic E-state index is 0.0113. The highest BCUT2D eigenvalue weighted by Gasteiger charge is 2.31. The molecule has 0 bridgehead atoms. The summed E-state index contributed by atoms with van der Waals surface area (Å²) in [4.78, 5) is 26.9. The van der Waals surface area contributed by atoms with Gasteiger partial charge < -0.3 is 15.4 Å². The molecule has 3 N–H and O–H groups in total. The Morgan fingerprint density at radius 1 is 1.20 bits per heavy atom. The third-order valence-electron chi connectivity index (χ3n) is 5.21. The molecular formula is C23H25FN6O4S. The maximum absolute atomic E-state index is 14.7. The van der Waals surface area contributed by atoms with Gasteiger partial charge in [0.25, 0.3) is 15.9 Å². The number of nitrogens with one attached hydrogen (secondary N) is 1. The number of carbonyl (C=O) groups is 1. The Bertz CT molecular complexity index is 1330. The van der Waals surface area contributed by atoms with Gasteiger partial charge in [-0.2, -0.15) is 8.42 Å². The van der Waals surface area contributed by atoms with Gasteiger partial charge in [0.15, 0.2) is 11.3 Å². The Hall–Kier alpha value is -3.80. The normalized spacial score (nSPS) is 15.9. The van der Waals surface area contributed by atoms with Crippen LogP contribution in [0.5, 0.6) is 5.88 Å². The average Bonchev–Trinajstić information content (AvgIpc) is 3.24. The van der Waals surface area contributed by atoms with Crippen molar-refractivity contribution in [2.75, 3.05) is 17.2 Å². The monoisotopic (exact) mass is 500 g/mol. The van der Waals surface area contributed by atoms with E-state index in [4.69, 9.17) is 10.5 Å². The molecule has 3 aromatic rings. The van der Waals surface area contributed by atoms with Crippen LogP contribution in [-0.2, 0) is 10.0 Å². The molecule has 0 aromatic carbocycles. The van der Waals surface area contributed by atoms with Crippen LogP contribution in [0.15, 0.2) is 53.7 Å². The maximum Gasteiger partial charge on any atom is 0.281 e. The Kier molecular flexibility index (Phi) is 6.83. The van der Waals surface area contributed by atoms with E-state index in [1.165, 1.54) is 29.2 Å². The second-order valence-electron chi connectivity index (χ2n) is 8.22. The standard InChI is InChI=1S/C23H25FN6O4S/c1-14(2)34-20-11-8-15(13-26-20)17-10-9-16(22(27-17)30-12-4-5-18(30)24)23(31)29-35(32,33)21-7-3-6-19(25)28-21/h3,6-11,13-14,18H,4-5,12H2,1-2H3,(H2,25,28)(H,29,31). The summed E-state index contributed by atoms with van der Waals surface area (Å²) in [5, 5.41) is -0.406. The molecule has 12 heteroatoms. The zero-order valence-electron chi connectivity index (χ0n) is 19.2. The first kappa shape index (κ1) is 24.3. The van der Waals surface area contributed by atoms with Crippen molar-refractivity contribution in [3.05, 3.63) is 54.2 Å². The molecule has 1 aliphatic rings. The van der Waals surface area contributed by atoms with Crippen molar-refractivity contribution < 1.29 is 22.3 Å². The van der Waals surface area contributed by atoms with Crippen molar-refractivity contribution in [3.8, 4) is 17.1 Å². The summed E-state index contributed by atoms with van der Waals surface area (Å²) in [6, 6.07) is 10.5. The van der Waals surface area contributed by atoms with Crippen LogP contribution in [0.1, 0.15) is 37.0 Å². The molecule has 1 amide bonds. The Morgan fingerprint density at radius 2 is 2.00 bits per heavy atom. The summed E-state index contributed by atoms with van der Waals surface area (Å²) < 4.78 is 47.6. The highest BCUT2D eigenvalue weighted by Crippen LogP contribution is 2.31. The summed E-state index contributed by atoms with van der Waals surface area (Å²) in [7, 11) is -4.32. The van der Waals surface area contributed by atoms with Crippen LogP contribution in [0.25, 0.3) is 11.3 Å². The lowest BCUT2D eigenvalue weighted by Gasteiger charge is -2.23. The summed E-state index contributed by atoms with van der Waals surface area (Å²) in [6.45, 7) is 4.11. The molecule has 1 atom stereocenters. The Balaban J connectivity index is 1.68. The van der Waals surface area contributed by atoms with Crippen molar-refractivity contribution in [2.45, 2.75) is 44.1 Å². The topological polar surface area (TPSA) is 140 Å². The second kappa shape index (κ2) is 9.82. The smallest absolute Gasteiger partial charge is 0.281 e. The van der Waals surface area contributed by atoms with Gasteiger partial charge in [0.05, 0.1) is 17.4 Å². The molecule has 4 rings (SSSR count). The van der Waals surface area contributed by atoms with Crippen LogP contribution in [-0.4, -0.2) is 48.2 Å². The van der Waals surface area contributed by atoms with Crippen LogP contribution in [0.3, 0.4) is 0 Å². The fourth-order valence-corrected chi connectivity index (χ4v) is 4.56. The van der Waals surface area contributed by atoms with Gasteiger partial charge in [-0.15, -0.1) is 0 Å². The largest absolute Gasteiger partial charge is 0.475 e. The molecule has 1 saturated heterocycles. The molecule has 0 spiro atoms. The van der Waals surface area contributed by atoms with Crippen LogP contribution >= 0.6 is 0 Å². The van der Waals surface area contributed by atoms with Crippen molar-refractivity contribution in [1.29, 1.82) is 0 Å². The maximum atomic E-state index is 14.7.